The van der Waals surface area contributed by atoms with Crippen LogP contribution in [-0.2, 0) is 6.42 Å². The molecular weight excluding hydrogens is 310 g/mol. The normalized spacial score (nSPS) is 12.5. The largest absolute Gasteiger partial charge is 0.451 e. The summed E-state index contributed by atoms with van der Waals surface area (Å²) in [6.07, 6.45) is 1.07. The first-order valence-corrected chi connectivity index (χ1v) is 8.83. The van der Waals surface area contributed by atoms with Crippen LogP contribution in [0.3, 0.4) is 0 Å². The van der Waals surface area contributed by atoms with Gasteiger partial charge in [0.15, 0.2) is 5.76 Å². The highest BCUT2D eigenvalue weighted by Gasteiger charge is 2.19. The van der Waals surface area contributed by atoms with Gasteiger partial charge in [0.2, 0.25) is 0 Å². The Morgan fingerprint density at radius 1 is 1.04 bits per heavy atom. The van der Waals surface area contributed by atoms with Crippen LogP contribution in [0.2, 0.25) is 0 Å². The smallest absolute Gasteiger partial charge is 0.287 e. The Bertz CT molecular complexity index is 875. The first-order chi connectivity index (χ1) is 12.0. The highest BCUT2D eigenvalue weighted by molar-refractivity contribution is 5.99. The highest BCUT2D eigenvalue weighted by atomic mass is 16.3. The predicted molar refractivity (Wildman–Crippen MR) is 102 cm³/mol. The minimum absolute atomic E-state index is 0.0757. The molecule has 25 heavy (non-hydrogen) atoms. The molecule has 0 aliphatic heterocycles. The summed E-state index contributed by atoms with van der Waals surface area (Å²) in [6.45, 7) is 8.35. The van der Waals surface area contributed by atoms with E-state index in [0.717, 1.165) is 28.5 Å². The molecule has 0 saturated carbocycles. The predicted octanol–water partition coefficient (Wildman–Crippen LogP) is 5.43. The number of rotatable bonds is 5. The van der Waals surface area contributed by atoms with Crippen LogP contribution in [0, 0.1) is 12.8 Å². The minimum atomic E-state index is -0.174. The van der Waals surface area contributed by atoms with Crippen LogP contribution in [0.4, 0.5) is 0 Å². The van der Waals surface area contributed by atoms with E-state index >= 15 is 0 Å². The molecule has 1 aromatic heterocycles. The molecule has 3 rings (SSSR count). The monoisotopic (exact) mass is 335 g/mol. The molecule has 3 heteroatoms. The van der Waals surface area contributed by atoms with Crippen molar-refractivity contribution in [3.8, 4) is 0 Å². The third-order valence-electron chi connectivity index (χ3n) is 4.52. The van der Waals surface area contributed by atoms with E-state index in [1.165, 1.54) is 5.56 Å². The molecule has 0 aliphatic rings. The molecule has 0 bridgehead atoms. The fourth-order valence-corrected chi connectivity index (χ4v) is 3.15. The van der Waals surface area contributed by atoms with Gasteiger partial charge in [0, 0.05) is 10.9 Å². The maximum absolute atomic E-state index is 12.6. The Morgan fingerprint density at radius 3 is 2.36 bits per heavy atom. The summed E-state index contributed by atoms with van der Waals surface area (Å²) < 4.78 is 5.75. The minimum Gasteiger partial charge on any atom is -0.451 e. The van der Waals surface area contributed by atoms with E-state index in [9.17, 15) is 4.79 Å². The molecule has 1 amide bonds. The van der Waals surface area contributed by atoms with Crippen molar-refractivity contribution in [1.29, 1.82) is 0 Å². The van der Waals surface area contributed by atoms with Crippen molar-refractivity contribution in [3.63, 3.8) is 0 Å². The number of carbonyl (C=O) groups is 1. The van der Waals surface area contributed by atoms with Gasteiger partial charge < -0.3 is 9.73 Å². The van der Waals surface area contributed by atoms with E-state index in [0.29, 0.717) is 11.7 Å². The van der Waals surface area contributed by atoms with Crippen molar-refractivity contribution in [3.05, 3.63) is 71.0 Å². The third kappa shape index (κ3) is 3.76. The fourth-order valence-electron chi connectivity index (χ4n) is 3.15. The first-order valence-electron chi connectivity index (χ1n) is 8.83. The lowest BCUT2D eigenvalue weighted by molar-refractivity contribution is 0.0913. The van der Waals surface area contributed by atoms with Gasteiger partial charge in [-0.1, -0.05) is 56.3 Å². The van der Waals surface area contributed by atoms with E-state index in [-0.39, 0.29) is 11.9 Å². The van der Waals surface area contributed by atoms with Crippen molar-refractivity contribution in [1.82, 2.24) is 5.32 Å². The molecule has 0 saturated heterocycles. The summed E-state index contributed by atoms with van der Waals surface area (Å²) in [7, 11) is 0. The molecule has 0 spiro atoms. The molecule has 3 nitrogen and oxygen atoms in total. The van der Waals surface area contributed by atoms with Crippen molar-refractivity contribution in [2.24, 2.45) is 5.92 Å². The van der Waals surface area contributed by atoms with Gasteiger partial charge in [-0.05, 0) is 43.4 Å². The van der Waals surface area contributed by atoms with Crippen LogP contribution in [-0.4, -0.2) is 5.91 Å². The summed E-state index contributed by atoms with van der Waals surface area (Å²) in [5, 5.41) is 4.03. The Morgan fingerprint density at radius 2 is 1.72 bits per heavy atom. The summed E-state index contributed by atoms with van der Waals surface area (Å²) in [5.41, 5.74) is 4.04. The number of nitrogens with one attached hydrogen (secondary N) is 1. The van der Waals surface area contributed by atoms with Gasteiger partial charge in [-0.2, -0.15) is 0 Å². The molecule has 1 N–H and O–H groups in total. The standard InChI is InChI=1S/C22H25NO2/c1-14(2)13-17-9-11-18(12-10-17)16(4)23-22(24)21-15(3)19-7-5-6-8-20(19)25-21/h5-12,14,16H,13H2,1-4H3,(H,23,24)/t16-/m1/s1. The van der Waals surface area contributed by atoms with Crippen LogP contribution in [0.5, 0.6) is 0 Å². The van der Waals surface area contributed by atoms with E-state index in [4.69, 9.17) is 4.42 Å². The second kappa shape index (κ2) is 7.14. The van der Waals surface area contributed by atoms with Crippen LogP contribution in [0.1, 0.15) is 54.1 Å². The zero-order chi connectivity index (χ0) is 18.0. The number of furan rings is 1. The van der Waals surface area contributed by atoms with Crippen LogP contribution in [0.25, 0.3) is 11.0 Å². The molecule has 0 aliphatic carbocycles. The molecule has 3 aromatic rings. The number of benzene rings is 2. The van der Waals surface area contributed by atoms with Gasteiger partial charge in [-0.25, -0.2) is 0 Å². The Hall–Kier alpha value is -2.55. The van der Waals surface area contributed by atoms with E-state index in [1.54, 1.807) is 0 Å². The van der Waals surface area contributed by atoms with Crippen molar-refractivity contribution < 1.29 is 9.21 Å². The molecule has 0 fully saturated rings. The average Bonchev–Trinajstić information content (AvgIpc) is 2.92. The summed E-state index contributed by atoms with van der Waals surface area (Å²) in [4.78, 5) is 12.6. The maximum atomic E-state index is 12.6. The lowest BCUT2D eigenvalue weighted by Crippen LogP contribution is -2.26. The molecule has 1 atom stereocenters. The fraction of sp³-hybridized carbons (Fsp3) is 0.318. The van der Waals surface area contributed by atoms with Crippen molar-refractivity contribution >= 4 is 16.9 Å². The number of para-hydroxylation sites is 1. The number of carbonyl (C=O) groups excluding carboxylic acids is 1. The molecule has 1 heterocycles. The van der Waals surface area contributed by atoms with Crippen LogP contribution < -0.4 is 5.32 Å². The molecule has 130 valence electrons. The number of hydrogen-bond donors (Lipinski definition) is 1. The maximum Gasteiger partial charge on any atom is 0.287 e. The first kappa shape index (κ1) is 17.3. The number of amides is 1. The summed E-state index contributed by atoms with van der Waals surface area (Å²) in [6, 6.07) is 16.1. The Kier molecular flexibility index (Phi) is 4.93. The van der Waals surface area contributed by atoms with E-state index in [2.05, 4.69) is 43.4 Å². The van der Waals surface area contributed by atoms with Gasteiger partial charge >= 0.3 is 0 Å². The second-order valence-corrected chi connectivity index (χ2v) is 7.09. The second-order valence-electron chi connectivity index (χ2n) is 7.09. The number of fused-ring (bicyclic) bond motifs is 1. The lowest BCUT2D eigenvalue weighted by atomic mass is 10.00. The lowest BCUT2D eigenvalue weighted by Gasteiger charge is -2.14. The highest BCUT2D eigenvalue weighted by Crippen LogP contribution is 2.25. The topological polar surface area (TPSA) is 42.2 Å². The van der Waals surface area contributed by atoms with E-state index < -0.39 is 0 Å². The summed E-state index contributed by atoms with van der Waals surface area (Å²) >= 11 is 0. The zero-order valence-electron chi connectivity index (χ0n) is 15.3. The number of aryl methyl sites for hydroxylation is 1. The van der Waals surface area contributed by atoms with Gasteiger partial charge in [0.25, 0.3) is 5.91 Å². The quantitative estimate of drug-likeness (QED) is 0.675. The molecular formula is C22H25NO2. The van der Waals surface area contributed by atoms with Crippen LogP contribution in [0.15, 0.2) is 52.9 Å². The van der Waals surface area contributed by atoms with Crippen LogP contribution >= 0.6 is 0 Å². The Balaban J connectivity index is 1.74. The number of hydrogen-bond acceptors (Lipinski definition) is 2. The molecule has 0 radical (unpaired) electrons. The average molecular weight is 335 g/mol. The zero-order valence-corrected chi connectivity index (χ0v) is 15.3. The van der Waals surface area contributed by atoms with Gasteiger partial charge in [0.05, 0.1) is 6.04 Å². The van der Waals surface area contributed by atoms with Gasteiger partial charge in [0.1, 0.15) is 5.58 Å². The summed E-state index contributed by atoms with van der Waals surface area (Å²) in [5.74, 6) is 0.857. The SMILES string of the molecule is Cc1c(C(=O)N[C@H](C)c2ccc(CC(C)C)cc2)oc2ccccc12. The molecule has 2 aromatic carbocycles. The molecule has 0 unspecified atom stereocenters. The van der Waals surface area contributed by atoms with Crippen molar-refractivity contribution in [2.45, 2.75) is 40.2 Å². The van der Waals surface area contributed by atoms with E-state index in [1.807, 2.05) is 38.1 Å². The van der Waals surface area contributed by atoms with Gasteiger partial charge in [-0.15, -0.1) is 0 Å². The Labute approximate surface area is 149 Å². The van der Waals surface area contributed by atoms with Gasteiger partial charge in [-0.3, -0.25) is 4.79 Å². The van der Waals surface area contributed by atoms with Crippen molar-refractivity contribution in [2.75, 3.05) is 0 Å². The third-order valence-corrected chi connectivity index (χ3v) is 4.52.